The number of benzene rings is 2. The molecule has 2 aliphatic heterocycles. The molecular weight excluding hydrogens is 441 g/mol. The lowest BCUT2D eigenvalue weighted by molar-refractivity contribution is 0.250. The molecule has 0 N–H and O–H groups in total. The average molecular weight is 460 g/mol. The van der Waals surface area contributed by atoms with Gasteiger partial charge in [0.15, 0.2) is 17.5 Å². The van der Waals surface area contributed by atoms with Gasteiger partial charge in [-0.05, 0) is 41.8 Å². The molecule has 2 aromatic carbocycles. The summed E-state index contributed by atoms with van der Waals surface area (Å²) in [5.41, 5.74) is 1.51. The van der Waals surface area contributed by atoms with Crippen molar-refractivity contribution in [3.63, 3.8) is 0 Å². The summed E-state index contributed by atoms with van der Waals surface area (Å²) >= 11 is 5.84. The molecule has 2 atom stereocenters. The van der Waals surface area contributed by atoms with E-state index in [0.717, 1.165) is 25.1 Å². The van der Waals surface area contributed by atoms with Crippen LogP contribution >= 0.6 is 11.6 Å². The second-order valence-corrected chi connectivity index (χ2v) is 9.33. The first-order valence-corrected chi connectivity index (χ1v) is 11.6. The fourth-order valence-corrected chi connectivity index (χ4v) is 4.81. The number of anilines is 1. The maximum absolute atomic E-state index is 14.7. The van der Waals surface area contributed by atoms with Crippen LogP contribution in [-0.2, 0) is 10.8 Å². The van der Waals surface area contributed by atoms with E-state index >= 15 is 0 Å². The van der Waals surface area contributed by atoms with Crippen molar-refractivity contribution in [3.8, 4) is 22.6 Å². The third kappa shape index (κ3) is 4.22. The number of aromatic nitrogens is 2. The average Bonchev–Trinajstić information content (AvgIpc) is 3.40. The maximum atomic E-state index is 14.7. The largest absolute Gasteiger partial charge is 0.490 e. The summed E-state index contributed by atoms with van der Waals surface area (Å²) in [6.07, 6.45) is 4.08. The van der Waals surface area contributed by atoms with E-state index < -0.39 is 16.6 Å². The minimum Gasteiger partial charge on any atom is -0.490 e. The van der Waals surface area contributed by atoms with Gasteiger partial charge in [-0.1, -0.05) is 23.7 Å². The van der Waals surface area contributed by atoms with Crippen LogP contribution in [0.15, 0.2) is 53.7 Å². The van der Waals surface area contributed by atoms with Gasteiger partial charge in [0.1, 0.15) is 5.75 Å². The molecule has 3 heterocycles. The van der Waals surface area contributed by atoms with Crippen LogP contribution in [0.4, 0.5) is 10.3 Å². The first kappa shape index (κ1) is 20.2. The summed E-state index contributed by atoms with van der Waals surface area (Å²) in [5.74, 6) is 1.47. The van der Waals surface area contributed by atoms with E-state index in [-0.39, 0.29) is 17.6 Å². The van der Waals surface area contributed by atoms with Gasteiger partial charge >= 0.3 is 0 Å². The highest BCUT2D eigenvalue weighted by atomic mass is 35.5. The molecule has 0 saturated carbocycles. The Morgan fingerprint density at radius 2 is 1.97 bits per heavy atom. The molecule has 160 valence electrons. The molecule has 0 radical (unpaired) electrons. The van der Waals surface area contributed by atoms with Crippen LogP contribution in [0.25, 0.3) is 11.1 Å². The number of halogens is 2. The summed E-state index contributed by atoms with van der Waals surface area (Å²) in [4.78, 5) is 11.3. The van der Waals surface area contributed by atoms with Crippen molar-refractivity contribution in [2.24, 2.45) is 5.92 Å². The van der Waals surface area contributed by atoms with Crippen LogP contribution in [0.2, 0.25) is 5.02 Å². The maximum Gasteiger partial charge on any atom is 0.225 e. The van der Waals surface area contributed by atoms with E-state index in [1.54, 1.807) is 30.6 Å². The van der Waals surface area contributed by atoms with E-state index in [0.29, 0.717) is 33.8 Å². The zero-order chi connectivity index (χ0) is 21.4. The molecule has 0 amide bonds. The van der Waals surface area contributed by atoms with Gasteiger partial charge in [0.25, 0.3) is 0 Å². The lowest BCUT2D eigenvalue weighted by Crippen LogP contribution is -2.23. The van der Waals surface area contributed by atoms with Crippen molar-refractivity contribution >= 4 is 28.3 Å². The Labute approximate surface area is 186 Å². The molecule has 0 aliphatic carbocycles. The van der Waals surface area contributed by atoms with Crippen molar-refractivity contribution < 1.29 is 18.1 Å². The topological polar surface area (TPSA) is 64.6 Å². The lowest BCUT2D eigenvalue weighted by Gasteiger charge is -2.16. The highest BCUT2D eigenvalue weighted by Gasteiger charge is 2.25. The Kier molecular flexibility index (Phi) is 5.50. The quantitative estimate of drug-likeness (QED) is 0.567. The summed E-state index contributed by atoms with van der Waals surface area (Å²) in [5, 5.41) is 0.504. The van der Waals surface area contributed by atoms with Crippen molar-refractivity contribution in [1.82, 2.24) is 9.97 Å². The van der Waals surface area contributed by atoms with Gasteiger partial charge in [-0.3, -0.25) is 4.21 Å². The molecule has 9 heteroatoms. The van der Waals surface area contributed by atoms with Gasteiger partial charge in [0.05, 0.1) is 39.7 Å². The second-order valence-electron chi connectivity index (χ2n) is 7.53. The van der Waals surface area contributed by atoms with E-state index in [2.05, 4.69) is 14.9 Å². The normalized spacial score (nSPS) is 19.9. The minimum atomic E-state index is -1.12. The smallest absolute Gasteiger partial charge is 0.225 e. The van der Waals surface area contributed by atoms with E-state index in [4.69, 9.17) is 21.1 Å². The SMILES string of the molecule is O=S1COc2cc(-c3ccc(OCC4CCN(c5ncc(Cl)cn5)C4)c(F)c3)ccc21. The zero-order valence-corrected chi connectivity index (χ0v) is 18.0. The summed E-state index contributed by atoms with van der Waals surface area (Å²) in [6.45, 7) is 1.99. The summed E-state index contributed by atoms with van der Waals surface area (Å²) < 4.78 is 37.7. The molecule has 2 aliphatic rings. The predicted molar refractivity (Wildman–Crippen MR) is 117 cm³/mol. The second kappa shape index (κ2) is 8.43. The first-order valence-electron chi connectivity index (χ1n) is 9.87. The molecule has 1 saturated heterocycles. The molecule has 6 nitrogen and oxygen atoms in total. The molecule has 0 spiro atoms. The Balaban J connectivity index is 1.22. The molecule has 0 bridgehead atoms. The van der Waals surface area contributed by atoms with E-state index in [9.17, 15) is 8.60 Å². The van der Waals surface area contributed by atoms with E-state index in [1.807, 2.05) is 12.1 Å². The molecule has 2 unspecified atom stereocenters. The molecule has 1 aromatic heterocycles. The Morgan fingerprint density at radius 3 is 2.77 bits per heavy atom. The highest BCUT2D eigenvalue weighted by molar-refractivity contribution is 7.85. The third-order valence-electron chi connectivity index (χ3n) is 5.43. The van der Waals surface area contributed by atoms with Crippen LogP contribution < -0.4 is 14.4 Å². The number of hydrogen-bond acceptors (Lipinski definition) is 6. The van der Waals surface area contributed by atoms with Crippen LogP contribution in [0, 0.1) is 11.7 Å². The molecule has 31 heavy (non-hydrogen) atoms. The van der Waals surface area contributed by atoms with Gasteiger partial charge in [0, 0.05) is 19.0 Å². The number of nitrogens with zero attached hydrogens (tertiary/aromatic N) is 3. The van der Waals surface area contributed by atoms with Crippen molar-refractivity contribution in [2.75, 3.05) is 30.5 Å². The lowest BCUT2D eigenvalue weighted by atomic mass is 10.0. The van der Waals surface area contributed by atoms with Crippen LogP contribution in [0.1, 0.15) is 6.42 Å². The standard InChI is InChI=1S/C22H19ClFN3O3S/c23-17-9-25-22(26-10-17)27-6-5-14(11-27)12-29-19-3-1-15(7-18(19)24)16-2-4-21-20(8-16)30-13-31(21)28/h1-4,7-10,14H,5-6,11-13H2. The fraction of sp³-hybridized carbons (Fsp3) is 0.273. The van der Waals surface area contributed by atoms with Gasteiger partial charge in [-0.25, -0.2) is 14.4 Å². The Bertz CT molecular complexity index is 1150. The van der Waals surface area contributed by atoms with Crippen molar-refractivity contribution in [2.45, 2.75) is 11.3 Å². The number of ether oxygens (including phenoxy) is 2. The number of hydrogen-bond donors (Lipinski definition) is 0. The molecule has 1 fully saturated rings. The van der Waals surface area contributed by atoms with Crippen LogP contribution in [-0.4, -0.2) is 39.8 Å². The third-order valence-corrected chi connectivity index (χ3v) is 6.78. The number of fused-ring (bicyclic) bond motifs is 1. The zero-order valence-electron chi connectivity index (χ0n) is 16.5. The van der Waals surface area contributed by atoms with Gasteiger partial charge in [-0.15, -0.1) is 0 Å². The fourth-order valence-electron chi connectivity index (χ4n) is 3.79. The Morgan fingerprint density at radius 1 is 1.19 bits per heavy atom. The molecule has 5 rings (SSSR count). The van der Waals surface area contributed by atoms with Gasteiger partial charge < -0.3 is 14.4 Å². The van der Waals surface area contributed by atoms with Crippen LogP contribution in [0.3, 0.4) is 0 Å². The monoisotopic (exact) mass is 459 g/mol. The number of rotatable bonds is 5. The predicted octanol–water partition coefficient (Wildman–Crippen LogP) is 4.30. The first-order chi connectivity index (χ1) is 15.1. The summed E-state index contributed by atoms with van der Waals surface area (Å²) in [7, 11) is -1.12. The molecular formula is C22H19ClFN3O3S. The molecule has 3 aromatic rings. The van der Waals surface area contributed by atoms with Crippen molar-refractivity contribution in [1.29, 1.82) is 0 Å². The minimum absolute atomic E-state index is 0.169. The van der Waals surface area contributed by atoms with Gasteiger partial charge in [-0.2, -0.15) is 0 Å². The summed E-state index contributed by atoms with van der Waals surface area (Å²) in [6, 6.07) is 10.3. The highest BCUT2D eigenvalue weighted by Crippen LogP contribution is 2.34. The van der Waals surface area contributed by atoms with Crippen LogP contribution in [0.5, 0.6) is 11.5 Å². The van der Waals surface area contributed by atoms with Gasteiger partial charge in [0.2, 0.25) is 5.95 Å². The Hall–Kier alpha value is -2.71. The van der Waals surface area contributed by atoms with Crippen molar-refractivity contribution in [3.05, 3.63) is 59.6 Å². The van der Waals surface area contributed by atoms with E-state index in [1.165, 1.54) is 6.07 Å².